The van der Waals surface area contributed by atoms with Crippen LogP contribution in [-0.4, -0.2) is 31.0 Å². The topological polar surface area (TPSA) is 12.0 Å². The van der Waals surface area contributed by atoms with Crippen LogP contribution >= 0.6 is 11.8 Å². The van der Waals surface area contributed by atoms with Crippen molar-refractivity contribution in [3.05, 3.63) is 0 Å². The second-order valence-electron chi connectivity index (χ2n) is 5.43. The van der Waals surface area contributed by atoms with E-state index in [0.717, 1.165) is 19.5 Å². The van der Waals surface area contributed by atoms with Crippen LogP contribution in [0, 0.1) is 5.92 Å². The third-order valence-electron chi connectivity index (χ3n) is 3.63. The monoisotopic (exact) mass is 279 g/mol. The number of hydrogen-bond donors (Lipinski definition) is 1. The number of rotatable bonds is 9. The van der Waals surface area contributed by atoms with Crippen molar-refractivity contribution < 1.29 is 8.78 Å². The second kappa shape index (κ2) is 9.13. The summed E-state index contributed by atoms with van der Waals surface area (Å²) in [5.41, 5.74) is 0. The molecule has 0 aromatic rings. The van der Waals surface area contributed by atoms with Crippen LogP contribution in [0.2, 0.25) is 0 Å². The van der Waals surface area contributed by atoms with Crippen molar-refractivity contribution >= 4 is 11.8 Å². The summed E-state index contributed by atoms with van der Waals surface area (Å²) in [5, 5.41) is 3.35. The Morgan fingerprint density at radius 3 is 2.72 bits per heavy atom. The van der Waals surface area contributed by atoms with Gasteiger partial charge in [0, 0.05) is 12.8 Å². The van der Waals surface area contributed by atoms with Gasteiger partial charge < -0.3 is 5.32 Å². The SMILES string of the molecule is CSCCCCCCNCC1CCCC(F)(F)C1. The van der Waals surface area contributed by atoms with E-state index in [4.69, 9.17) is 0 Å². The molecule has 0 spiro atoms. The maximum atomic E-state index is 13.2. The Labute approximate surface area is 114 Å². The highest BCUT2D eigenvalue weighted by Crippen LogP contribution is 2.36. The third-order valence-corrected chi connectivity index (χ3v) is 4.32. The van der Waals surface area contributed by atoms with Gasteiger partial charge in [-0.2, -0.15) is 11.8 Å². The largest absolute Gasteiger partial charge is 0.316 e. The summed E-state index contributed by atoms with van der Waals surface area (Å²) in [6.07, 6.45) is 9.02. The standard InChI is InChI=1S/C14H27F2NS/c1-18-10-5-3-2-4-9-17-12-13-7-6-8-14(15,16)11-13/h13,17H,2-12H2,1H3. The van der Waals surface area contributed by atoms with Gasteiger partial charge in [0.1, 0.15) is 0 Å². The van der Waals surface area contributed by atoms with Crippen LogP contribution < -0.4 is 5.32 Å². The Kier molecular flexibility index (Phi) is 8.23. The van der Waals surface area contributed by atoms with Crippen molar-refractivity contribution in [1.82, 2.24) is 5.32 Å². The van der Waals surface area contributed by atoms with Crippen LogP contribution in [0.15, 0.2) is 0 Å². The van der Waals surface area contributed by atoms with Gasteiger partial charge in [-0.15, -0.1) is 0 Å². The van der Waals surface area contributed by atoms with Crippen LogP contribution in [0.1, 0.15) is 51.4 Å². The first kappa shape index (κ1) is 16.2. The van der Waals surface area contributed by atoms with Crippen LogP contribution in [0.5, 0.6) is 0 Å². The molecule has 1 aliphatic rings. The average Bonchev–Trinajstić information content (AvgIpc) is 2.31. The number of unbranched alkanes of at least 4 members (excludes halogenated alkanes) is 3. The molecule has 0 heterocycles. The van der Waals surface area contributed by atoms with Crippen molar-refractivity contribution in [3.8, 4) is 0 Å². The van der Waals surface area contributed by atoms with E-state index in [9.17, 15) is 8.78 Å². The molecule has 0 aromatic carbocycles. The molecule has 0 aromatic heterocycles. The smallest absolute Gasteiger partial charge is 0.248 e. The van der Waals surface area contributed by atoms with Gasteiger partial charge in [-0.05, 0) is 56.7 Å². The zero-order chi connectivity index (χ0) is 13.3. The van der Waals surface area contributed by atoms with Crippen LogP contribution in [0.3, 0.4) is 0 Å². The normalized spacial score (nSPS) is 23.2. The molecule has 18 heavy (non-hydrogen) atoms. The molecule has 1 atom stereocenters. The zero-order valence-electron chi connectivity index (χ0n) is 11.5. The van der Waals surface area contributed by atoms with E-state index in [1.54, 1.807) is 0 Å². The Morgan fingerprint density at radius 1 is 1.22 bits per heavy atom. The van der Waals surface area contributed by atoms with E-state index in [-0.39, 0.29) is 18.8 Å². The molecule has 1 unspecified atom stereocenters. The lowest BCUT2D eigenvalue weighted by Crippen LogP contribution is -2.32. The number of alkyl halides is 2. The average molecular weight is 279 g/mol. The number of hydrogen-bond acceptors (Lipinski definition) is 2. The Morgan fingerprint density at radius 2 is 2.00 bits per heavy atom. The minimum absolute atomic E-state index is 0.0910. The summed E-state index contributed by atoms with van der Waals surface area (Å²) in [4.78, 5) is 0. The van der Waals surface area contributed by atoms with Crippen molar-refractivity contribution in [2.75, 3.05) is 25.1 Å². The highest BCUT2D eigenvalue weighted by atomic mass is 32.2. The minimum Gasteiger partial charge on any atom is -0.316 e. The maximum Gasteiger partial charge on any atom is 0.248 e. The fourth-order valence-corrected chi connectivity index (χ4v) is 3.10. The molecule has 1 aliphatic carbocycles. The molecule has 1 fully saturated rings. The Balaban J connectivity index is 1.91. The van der Waals surface area contributed by atoms with Crippen LogP contribution in [0.25, 0.3) is 0 Å². The fraction of sp³-hybridized carbons (Fsp3) is 1.00. The predicted octanol–water partition coefficient (Wildman–Crippen LogP) is 4.32. The molecule has 0 radical (unpaired) electrons. The fourth-order valence-electron chi connectivity index (χ4n) is 2.61. The molecule has 0 bridgehead atoms. The maximum absolute atomic E-state index is 13.2. The van der Waals surface area contributed by atoms with Gasteiger partial charge in [-0.25, -0.2) is 8.78 Å². The van der Waals surface area contributed by atoms with Gasteiger partial charge in [0.2, 0.25) is 5.92 Å². The van der Waals surface area contributed by atoms with Gasteiger partial charge in [0.15, 0.2) is 0 Å². The highest BCUT2D eigenvalue weighted by molar-refractivity contribution is 7.98. The lowest BCUT2D eigenvalue weighted by Gasteiger charge is -2.29. The number of halogens is 2. The second-order valence-corrected chi connectivity index (χ2v) is 6.42. The Hall–Kier alpha value is 0.170. The van der Waals surface area contributed by atoms with Gasteiger partial charge in [-0.1, -0.05) is 12.8 Å². The van der Waals surface area contributed by atoms with Crippen molar-refractivity contribution in [1.29, 1.82) is 0 Å². The van der Waals surface area contributed by atoms with Crippen LogP contribution in [-0.2, 0) is 0 Å². The lowest BCUT2D eigenvalue weighted by atomic mass is 9.86. The van der Waals surface area contributed by atoms with Crippen molar-refractivity contribution in [2.24, 2.45) is 5.92 Å². The first-order valence-electron chi connectivity index (χ1n) is 7.21. The molecule has 0 saturated heterocycles. The number of thioether (sulfide) groups is 1. The quantitative estimate of drug-likeness (QED) is 0.631. The highest BCUT2D eigenvalue weighted by Gasteiger charge is 2.35. The minimum atomic E-state index is -2.40. The molecule has 0 amide bonds. The summed E-state index contributed by atoms with van der Waals surface area (Å²) in [6, 6.07) is 0. The van der Waals surface area contributed by atoms with Crippen LogP contribution in [0.4, 0.5) is 8.78 Å². The molecule has 108 valence electrons. The van der Waals surface area contributed by atoms with Crippen molar-refractivity contribution in [2.45, 2.75) is 57.3 Å². The van der Waals surface area contributed by atoms with E-state index in [0.29, 0.717) is 6.42 Å². The summed E-state index contributed by atoms with van der Waals surface area (Å²) >= 11 is 1.90. The molecular formula is C14H27F2NS. The summed E-state index contributed by atoms with van der Waals surface area (Å²) in [6.45, 7) is 1.77. The Bertz CT molecular complexity index is 212. The first-order chi connectivity index (χ1) is 8.64. The third kappa shape index (κ3) is 7.57. The molecule has 1 saturated carbocycles. The van der Waals surface area contributed by atoms with Crippen molar-refractivity contribution in [3.63, 3.8) is 0 Å². The first-order valence-corrected chi connectivity index (χ1v) is 8.61. The van der Waals surface area contributed by atoms with E-state index in [1.807, 2.05) is 11.8 Å². The summed E-state index contributed by atoms with van der Waals surface area (Å²) in [7, 11) is 0. The van der Waals surface area contributed by atoms with Gasteiger partial charge in [-0.3, -0.25) is 0 Å². The van der Waals surface area contributed by atoms with E-state index in [1.165, 1.54) is 31.4 Å². The number of nitrogens with one attached hydrogen (secondary N) is 1. The summed E-state index contributed by atoms with van der Waals surface area (Å²) < 4.78 is 26.3. The summed E-state index contributed by atoms with van der Waals surface area (Å²) in [5.74, 6) is -0.960. The zero-order valence-corrected chi connectivity index (χ0v) is 12.3. The molecule has 4 heteroatoms. The van der Waals surface area contributed by atoms with E-state index in [2.05, 4.69) is 11.6 Å². The van der Waals surface area contributed by atoms with Gasteiger partial charge in [0.05, 0.1) is 0 Å². The van der Waals surface area contributed by atoms with Gasteiger partial charge >= 0.3 is 0 Å². The molecule has 1 N–H and O–H groups in total. The molecule has 1 rings (SSSR count). The molecule has 0 aliphatic heterocycles. The predicted molar refractivity (Wildman–Crippen MR) is 76.6 cm³/mol. The van der Waals surface area contributed by atoms with E-state index < -0.39 is 5.92 Å². The van der Waals surface area contributed by atoms with Gasteiger partial charge in [0.25, 0.3) is 0 Å². The van der Waals surface area contributed by atoms with E-state index >= 15 is 0 Å². The molecular weight excluding hydrogens is 252 g/mol. The molecule has 1 nitrogen and oxygen atoms in total. The lowest BCUT2D eigenvalue weighted by molar-refractivity contribution is -0.0519.